The third-order valence-corrected chi connectivity index (χ3v) is 11.7. The van der Waals surface area contributed by atoms with Gasteiger partial charge in [0, 0.05) is 0 Å². The molecule has 31 heavy (non-hydrogen) atoms. The summed E-state index contributed by atoms with van der Waals surface area (Å²) in [6, 6.07) is 0. The molecule has 5 aliphatic carbocycles. The Labute approximate surface area is 191 Å². The van der Waals surface area contributed by atoms with Crippen LogP contribution < -0.4 is 0 Å². The molecule has 2 N–H and O–H groups in total. The Morgan fingerprint density at radius 1 is 1.03 bits per heavy atom. The van der Waals surface area contributed by atoms with Gasteiger partial charge < -0.3 is 10.2 Å². The second-order valence-corrected chi connectivity index (χ2v) is 13.8. The summed E-state index contributed by atoms with van der Waals surface area (Å²) >= 11 is 0. The molecule has 5 aliphatic rings. The maximum Gasteiger partial charge on any atom is 0.0657 e. The lowest BCUT2D eigenvalue weighted by atomic mass is 9.46. The number of rotatable bonds is 5. The van der Waals surface area contributed by atoms with Crippen LogP contribution >= 0.6 is 0 Å². The van der Waals surface area contributed by atoms with Crippen LogP contribution in [0.15, 0.2) is 11.6 Å². The first-order valence-corrected chi connectivity index (χ1v) is 13.6. The van der Waals surface area contributed by atoms with Crippen LogP contribution in [-0.4, -0.2) is 21.4 Å². The van der Waals surface area contributed by atoms with E-state index in [2.05, 4.69) is 33.8 Å². The summed E-state index contributed by atoms with van der Waals surface area (Å²) in [5.41, 5.74) is 1.50. The zero-order chi connectivity index (χ0) is 22.2. The van der Waals surface area contributed by atoms with E-state index < -0.39 is 11.2 Å². The van der Waals surface area contributed by atoms with Crippen molar-refractivity contribution in [3.63, 3.8) is 0 Å². The fraction of sp³-hybridized carbons (Fsp3) is 0.931. The fourth-order valence-electron chi connectivity index (χ4n) is 9.41. The maximum atomic E-state index is 10.8. The number of allylic oxidation sites excluding steroid dienone is 1. The van der Waals surface area contributed by atoms with Crippen LogP contribution in [-0.2, 0) is 0 Å². The third kappa shape index (κ3) is 3.67. The molecule has 9 atom stereocenters. The number of hydrogen-bond donors (Lipinski definition) is 2. The van der Waals surface area contributed by atoms with Gasteiger partial charge in [-0.2, -0.15) is 0 Å². The molecule has 4 saturated carbocycles. The maximum absolute atomic E-state index is 10.8. The van der Waals surface area contributed by atoms with Crippen molar-refractivity contribution in [2.24, 2.45) is 46.3 Å². The first-order chi connectivity index (χ1) is 14.5. The Hall–Kier alpha value is -0.340. The van der Waals surface area contributed by atoms with Crippen LogP contribution in [0.2, 0.25) is 0 Å². The normalized spacial score (nSPS) is 50.0. The van der Waals surface area contributed by atoms with Crippen molar-refractivity contribution in [3.05, 3.63) is 11.6 Å². The molecular weight excluding hydrogens is 380 g/mol. The number of fused-ring (bicyclic) bond motifs is 5. The van der Waals surface area contributed by atoms with Gasteiger partial charge in [-0.3, -0.25) is 0 Å². The highest BCUT2D eigenvalue weighted by Gasteiger charge is 2.59. The van der Waals surface area contributed by atoms with Gasteiger partial charge in [0.25, 0.3) is 0 Å². The van der Waals surface area contributed by atoms with Gasteiger partial charge in [-0.1, -0.05) is 32.4 Å². The number of aliphatic hydroxyl groups is 2. The standard InChI is InChI=1S/C29H48O2/c1-19(12-15-29(5,31)20-6-7-20)23-10-11-24-22-9-8-21-18-26(2,30)16-17-27(21,3)25(22)13-14-28(23,24)4/h8,19-20,22-25,30-31H,6-7,9-18H2,1-5H3/t19-,22+,23?,24+,25+,26+,27+,28-,29+/m1/s1. The molecule has 0 radical (unpaired) electrons. The summed E-state index contributed by atoms with van der Waals surface area (Å²) < 4.78 is 0. The van der Waals surface area contributed by atoms with Crippen LogP contribution in [0, 0.1) is 46.3 Å². The average Bonchev–Trinajstić information content (AvgIpc) is 3.49. The Morgan fingerprint density at radius 2 is 1.77 bits per heavy atom. The summed E-state index contributed by atoms with van der Waals surface area (Å²) in [6.07, 6.45) is 17.1. The Balaban J connectivity index is 1.31. The molecule has 0 heterocycles. The first kappa shape index (κ1) is 22.5. The van der Waals surface area contributed by atoms with Gasteiger partial charge in [0.05, 0.1) is 11.2 Å². The molecule has 2 nitrogen and oxygen atoms in total. The van der Waals surface area contributed by atoms with Crippen LogP contribution in [0.25, 0.3) is 0 Å². The summed E-state index contributed by atoms with van der Waals surface area (Å²) in [5.74, 6) is 4.68. The van der Waals surface area contributed by atoms with Gasteiger partial charge >= 0.3 is 0 Å². The molecule has 0 bridgehead atoms. The molecule has 1 unspecified atom stereocenters. The largest absolute Gasteiger partial charge is 0.390 e. The Bertz CT molecular complexity index is 731. The van der Waals surface area contributed by atoms with E-state index in [0.29, 0.717) is 16.7 Å². The van der Waals surface area contributed by atoms with Gasteiger partial charge in [0.15, 0.2) is 0 Å². The van der Waals surface area contributed by atoms with E-state index in [9.17, 15) is 10.2 Å². The highest BCUT2D eigenvalue weighted by molar-refractivity contribution is 5.26. The lowest BCUT2D eigenvalue weighted by molar-refractivity contribution is -0.0717. The van der Waals surface area contributed by atoms with Crippen molar-refractivity contribution < 1.29 is 10.2 Å². The predicted octanol–water partition coefficient (Wildman–Crippen LogP) is 6.89. The molecule has 0 spiro atoms. The van der Waals surface area contributed by atoms with Crippen LogP contribution in [0.1, 0.15) is 112 Å². The second kappa shape index (κ2) is 7.33. The summed E-state index contributed by atoms with van der Waals surface area (Å²) in [4.78, 5) is 0. The van der Waals surface area contributed by atoms with Gasteiger partial charge in [-0.25, -0.2) is 0 Å². The predicted molar refractivity (Wildman–Crippen MR) is 128 cm³/mol. The molecule has 0 saturated heterocycles. The summed E-state index contributed by atoms with van der Waals surface area (Å²) in [7, 11) is 0. The van der Waals surface area contributed by atoms with Crippen molar-refractivity contribution in [1.29, 1.82) is 0 Å². The molecule has 0 amide bonds. The number of hydrogen-bond acceptors (Lipinski definition) is 2. The van der Waals surface area contributed by atoms with E-state index >= 15 is 0 Å². The molecule has 5 rings (SSSR count). The summed E-state index contributed by atoms with van der Waals surface area (Å²) in [6.45, 7) is 11.8. The van der Waals surface area contributed by atoms with E-state index in [0.717, 1.165) is 48.9 Å². The minimum atomic E-state index is -0.489. The minimum absolute atomic E-state index is 0.332. The molecule has 4 fully saturated rings. The minimum Gasteiger partial charge on any atom is -0.390 e. The zero-order valence-electron chi connectivity index (χ0n) is 20.9. The van der Waals surface area contributed by atoms with Crippen molar-refractivity contribution in [3.8, 4) is 0 Å². The Morgan fingerprint density at radius 3 is 2.48 bits per heavy atom. The van der Waals surface area contributed by atoms with Gasteiger partial charge in [0.1, 0.15) is 0 Å². The van der Waals surface area contributed by atoms with Crippen LogP contribution in [0.5, 0.6) is 0 Å². The van der Waals surface area contributed by atoms with E-state index in [1.165, 1.54) is 57.8 Å². The Kier molecular flexibility index (Phi) is 5.31. The SMILES string of the molecule is C[C@H](CC[C@](C)(O)C1CC1)C1CC[C@H]2[C@@H]3CC=C4C[C@@](C)(O)CC[C@]4(C)[C@H]3CC[C@]12C. The van der Waals surface area contributed by atoms with E-state index in [1.807, 2.05) is 6.92 Å². The molecule has 0 aliphatic heterocycles. The highest BCUT2D eigenvalue weighted by Crippen LogP contribution is 2.67. The quantitative estimate of drug-likeness (QED) is 0.468. The van der Waals surface area contributed by atoms with Gasteiger partial charge in [-0.15, -0.1) is 0 Å². The molecule has 2 heteroatoms. The second-order valence-electron chi connectivity index (χ2n) is 13.8. The zero-order valence-corrected chi connectivity index (χ0v) is 20.9. The molecule has 0 aromatic carbocycles. The summed E-state index contributed by atoms with van der Waals surface area (Å²) in [5, 5.41) is 21.5. The lowest BCUT2D eigenvalue weighted by Crippen LogP contribution is -2.52. The van der Waals surface area contributed by atoms with Gasteiger partial charge in [0.2, 0.25) is 0 Å². The first-order valence-electron chi connectivity index (χ1n) is 13.6. The lowest BCUT2D eigenvalue weighted by Gasteiger charge is -2.59. The van der Waals surface area contributed by atoms with Crippen molar-refractivity contribution in [2.45, 2.75) is 123 Å². The smallest absolute Gasteiger partial charge is 0.0657 e. The van der Waals surface area contributed by atoms with Crippen LogP contribution in [0.4, 0.5) is 0 Å². The fourth-order valence-corrected chi connectivity index (χ4v) is 9.41. The molecule has 176 valence electrons. The van der Waals surface area contributed by atoms with E-state index in [-0.39, 0.29) is 0 Å². The van der Waals surface area contributed by atoms with E-state index in [4.69, 9.17) is 0 Å². The molecule has 0 aromatic rings. The van der Waals surface area contributed by atoms with Gasteiger partial charge in [-0.05, 0) is 137 Å². The highest BCUT2D eigenvalue weighted by atomic mass is 16.3. The van der Waals surface area contributed by atoms with Crippen LogP contribution in [0.3, 0.4) is 0 Å². The third-order valence-electron chi connectivity index (χ3n) is 11.7. The molecular formula is C29H48O2. The monoisotopic (exact) mass is 428 g/mol. The topological polar surface area (TPSA) is 40.5 Å². The van der Waals surface area contributed by atoms with Crippen molar-refractivity contribution in [2.75, 3.05) is 0 Å². The van der Waals surface area contributed by atoms with Crippen molar-refractivity contribution in [1.82, 2.24) is 0 Å². The molecule has 0 aromatic heterocycles. The average molecular weight is 429 g/mol. The van der Waals surface area contributed by atoms with Crippen molar-refractivity contribution >= 4 is 0 Å². The van der Waals surface area contributed by atoms with E-state index in [1.54, 1.807) is 5.57 Å².